The highest BCUT2D eigenvalue weighted by atomic mass is 127. The zero-order valence-electron chi connectivity index (χ0n) is 14.1. The van der Waals surface area contributed by atoms with Crippen molar-refractivity contribution in [1.82, 2.24) is 10.2 Å². The van der Waals surface area contributed by atoms with Crippen molar-refractivity contribution in [3.63, 3.8) is 0 Å². The third-order valence-corrected chi connectivity index (χ3v) is 5.02. The molecular weight excluding hydrogens is 429 g/mol. The van der Waals surface area contributed by atoms with E-state index in [4.69, 9.17) is 4.74 Å². The van der Waals surface area contributed by atoms with Gasteiger partial charge >= 0.3 is 0 Å². The van der Waals surface area contributed by atoms with Crippen molar-refractivity contribution in [2.24, 2.45) is 4.99 Å². The van der Waals surface area contributed by atoms with Gasteiger partial charge in [-0.15, -0.1) is 24.0 Å². The normalized spacial score (nSPS) is 11.6. The summed E-state index contributed by atoms with van der Waals surface area (Å²) in [6, 6.07) is 7.78. The van der Waals surface area contributed by atoms with E-state index >= 15 is 0 Å². The molecule has 0 aromatic heterocycles. The molecule has 1 aromatic rings. The van der Waals surface area contributed by atoms with Crippen LogP contribution in [0.2, 0.25) is 0 Å². The average molecular weight is 455 g/mol. The van der Waals surface area contributed by atoms with E-state index in [-0.39, 0.29) is 35.5 Å². The van der Waals surface area contributed by atoms with Gasteiger partial charge in [0.05, 0.1) is 12.9 Å². The lowest BCUT2D eigenvalue weighted by molar-refractivity contribution is 0.396. The molecule has 0 saturated carbocycles. The highest BCUT2D eigenvalue weighted by Crippen LogP contribution is 2.18. The molecular formula is C15H26IN3O3S. The van der Waals surface area contributed by atoms with Crippen LogP contribution in [0.25, 0.3) is 0 Å². The molecule has 0 aliphatic rings. The topological polar surface area (TPSA) is 71.0 Å². The minimum Gasteiger partial charge on any atom is -0.496 e. The summed E-state index contributed by atoms with van der Waals surface area (Å²) in [7, 11) is 2.24. The number of hydrogen-bond donors (Lipinski definition) is 1. The number of halogens is 1. The van der Waals surface area contributed by atoms with Crippen LogP contribution in [-0.2, 0) is 16.4 Å². The van der Waals surface area contributed by atoms with Gasteiger partial charge in [0.15, 0.2) is 15.8 Å². The lowest BCUT2D eigenvalue weighted by Gasteiger charge is -2.23. The van der Waals surface area contributed by atoms with E-state index in [9.17, 15) is 8.42 Å². The molecule has 1 N–H and O–H groups in total. The fraction of sp³-hybridized carbons (Fsp3) is 0.533. The predicted octanol–water partition coefficient (Wildman–Crippen LogP) is 1.76. The lowest BCUT2D eigenvalue weighted by atomic mass is 10.2. The molecule has 1 rings (SSSR count). The summed E-state index contributed by atoms with van der Waals surface area (Å²) in [5, 5.41) is 3.07. The fourth-order valence-corrected chi connectivity index (χ4v) is 2.71. The molecule has 1 aromatic carbocycles. The third-order valence-electron chi connectivity index (χ3n) is 3.31. The molecule has 0 saturated heterocycles. The molecule has 0 amide bonds. The van der Waals surface area contributed by atoms with Gasteiger partial charge in [0.2, 0.25) is 0 Å². The van der Waals surface area contributed by atoms with Gasteiger partial charge in [-0.25, -0.2) is 8.42 Å². The second kappa shape index (κ2) is 10.7. The Hall–Kier alpha value is -1.03. The Balaban J connectivity index is 0.00000484. The molecule has 0 fully saturated rings. The predicted molar refractivity (Wildman–Crippen MR) is 106 cm³/mol. The van der Waals surface area contributed by atoms with Crippen molar-refractivity contribution < 1.29 is 13.2 Å². The monoisotopic (exact) mass is 455 g/mol. The molecule has 6 nitrogen and oxygen atoms in total. The Morgan fingerprint density at radius 2 is 2.00 bits per heavy atom. The molecule has 23 heavy (non-hydrogen) atoms. The number of methoxy groups -OCH3 is 1. The van der Waals surface area contributed by atoms with Crippen molar-refractivity contribution in [2.45, 2.75) is 13.5 Å². The smallest absolute Gasteiger partial charge is 0.193 e. The third kappa shape index (κ3) is 7.38. The number of nitrogens with zero attached hydrogens (tertiary/aromatic N) is 2. The molecule has 0 aliphatic carbocycles. The lowest BCUT2D eigenvalue weighted by Crippen LogP contribution is -2.40. The van der Waals surface area contributed by atoms with E-state index in [1.807, 2.05) is 36.2 Å². The van der Waals surface area contributed by atoms with Gasteiger partial charge in [0.1, 0.15) is 5.75 Å². The number of para-hydroxylation sites is 1. The number of rotatable bonds is 7. The Morgan fingerprint density at radius 1 is 1.35 bits per heavy atom. The molecule has 8 heteroatoms. The summed E-state index contributed by atoms with van der Waals surface area (Å²) < 4.78 is 28.3. The van der Waals surface area contributed by atoms with Crippen LogP contribution >= 0.6 is 24.0 Å². The first-order chi connectivity index (χ1) is 10.4. The van der Waals surface area contributed by atoms with Crippen molar-refractivity contribution >= 4 is 39.8 Å². The standard InChI is InChI=1S/C15H25N3O3S.HI/c1-5-22(19,20)11-10-17-15(16-2)18(3)12-13-8-6-7-9-14(13)21-4;/h6-9H,5,10-12H2,1-4H3,(H,16,17);1H. The maximum absolute atomic E-state index is 11.5. The van der Waals surface area contributed by atoms with Crippen LogP contribution in [0, 0.1) is 0 Å². The summed E-state index contributed by atoms with van der Waals surface area (Å²) in [6.45, 7) is 2.61. The Labute approximate surface area is 156 Å². The van der Waals surface area contributed by atoms with Crippen LogP contribution in [-0.4, -0.2) is 58.5 Å². The number of hydrogen-bond acceptors (Lipinski definition) is 4. The number of aliphatic imine (C=N–C) groups is 1. The molecule has 0 atom stereocenters. The number of sulfone groups is 1. The van der Waals surface area contributed by atoms with E-state index in [1.54, 1.807) is 21.1 Å². The largest absolute Gasteiger partial charge is 0.496 e. The van der Waals surface area contributed by atoms with Crippen LogP contribution in [0.4, 0.5) is 0 Å². The van der Waals surface area contributed by atoms with E-state index in [1.165, 1.54) is 0 Å². The molecule has 0 spiro atoms. The van der Waals surface area contributed by atoms with Crippen molar-refractivity contribution in [3.8, 4) is 5.75 Å². The zero-order valence-corrected chi connectivity index (χ0v) is 17.2. The molecule has 0 aliphatic heterocycles. The van der Waals surface area contributed by atoms with Gasteiger partial charge in [-0.3, -0.25) is 4.99 Å². The van der Waals surface area contributed by atoms with Crippen LogP contribution in [0.5, 0.6) is 5.75 Å². The molecule has 0 radical (unpaired) electrons. The fourth-order valence-electron chi connectivity index (χ4n) is 2.01. The molecule has 0 bridgehead atoms. The quantitative estimate of drug-likeness (QED) is 0.386. The Morgan fingerprint density at radius 3 is 2.57 bits per heavy atom. The van der Waals surface area contributed by atoms with Gasteiger partial charge < -0.3 is 15.0 Å². The Bertz CT molecular complexity index is 606. The van der Waals surface area contributed by atoms with Gasteiger partial charge in [0.25, 0.3) is 0 Å². The summed E-state index contributed by atoms with van der Waals surface area (Å²) in [4.78, 5) is 6.11. The summed E-state index contributed by atoms with van der Waals surface area (Å²) in [6.07, 6.45) is 0. The maximum atomic E-state index is 11.5. The summed E-state index contributed by atoms with van der Waals surface area (Å²) in [5.74, 6) is 1.73. The Kier molecular flexibility index (Phi) is 10.2. The molecule has 0 unspecified atom stereocenters. The second-order valence-electron chi connectivity index (χ2n) is 4.88. The van der Waals surface area contributed by atoms with Crippen molar-refractivity contribution in [2.75, 3.05) is 39.3 Å². The number of guanidine groups is 1. The highest BCUT2D eigenvalue weighted by Gasteiger charge is 2.11. The number of nitrogens with one attached hydrogen (secondary N) is 1. The van der Waals surface area contributed by atoms with E-state index in [2.05, 4.69) is 10.3 Å². The van der Waals surface area contributed by atoms with Gasteiger partial charge in [-0.05, 0) is 6.07 Å². The van der Waals surface area contributed by atoms with E-state index < -0.39 is 9.84 Å². The van der Waals surface area contributed by atoms with Crippen LogP contribution in [0.1, 0.15) is 12.5 Å². The number of benzene rings is 1. The second-order valence-corrected chi connectivity index (χ2v) is 7.35. The van der Waals surface area contributed by atoms with E-state index in [0.717, 1.165) is 11.3 Å². The minimum absolute atomic E-state index is 0. The first-order valence-corrected chi connectivity index (χ1v) is 8.99. The van der Waals surface area contributed by atoms with Crippen LogP contribution in [0.3, 0.4) is 0 Å². The van der Waals surface area contributed by atoms with Crippen LogP contribution < -0.4 is 10.1 Å². The minimum atomic E-state index is -2.97. The first-order valence-electron chi connectivity index (χ1n) is 7.17. The van der Waals surface area contributed by atoms with Gasteiger partial charge in [-0.1, -0.05) is 25.1 Å². The maximum Gasteiger partial charge on any atom is 0.193 e. The zero-order chi connectivity index (χ0) is 16.6. The summed E-state index contributed by atoms with van der Waals surface area (Å²) in [5.41, 5.74) is 1.04. The van der Waals surface area contributed by atoms with Crippen LogP contribution in [0.15, 0.2) is 29.3 Å². The highest BCUT2D eigenvalue weighted by molar-refractivity contribution is 14.0. The van der Waals surface area contributed by atoms with Crippen molar-refractivity contribution in [1.29, 1.82) is 0 Å². The van der Waals surface area contributed by atoms with E-state index in [0.29, 0.717) is 19.0 Å². The summed E-state index contributed by atoms with van der Waals surface area (Å²) >= 11 is 0. The van der Waals surface area contributed by atoms with Gasteiger partial charge in [0, 0.05) is 38.5 Å². The average Bonchev–Trinajstić information content (AvgIpc) is 2.52. The first kappa shape index (κ1) is 22.0. The number of ether oxygens (including phenoxy) is 1. The van der Waals surface area contributed by atoms with Crippen molar-refractivity contribution in [3.05, 3.63) is 29.8 Å². The molecule has 132 valence electrons. The SMILES string of the molecule is CCS(=O)(=O)CCNC(=NC)N(C)Cc1ccccc1OC.I. The molecule has 0 heterocycles. The van der Waals surface area contributed by atoms with Gasteiger partial charge in [-0.2, -0.15) is 0 Å².